The van der Waals surface area contributed by atoms with Crippen molar-refractivity contribution in [2.75, 3.05) is 35.7 Å². The first-order valence-corrected chi connectivity index (χ1v) is 8.37. The molecule has 2 atom stereocenters. The van der Waals surface area contributed by atoms with E-state index in [4.69, 9.17) is 0 Å². The van der Waals surface area contributed by atoms with Crippen LogP contribution in [0.4, 0.5) is 30.6 Å². The molecule has 0 unspecified atom stereocenters. The molecule has 3 N–H and O–H groups in total. The number of nitrogens with zero attached hydrogens (tertiary/aromatic N) is 5. The minimum absolute atomic E-state index is 0.0325. The van der Waals surface area contributed by atoms with E-state index in [0.717, 1.165) is 6.07 Å². The Balaban J connectivity index is 1.75. The summed E-state index contributed by atoms with van der Waals surface area (Å²) in [5.74, 6) is 1.39. The lowest BCUT2D eigenvalue weighted by Gasteiger charge is -2.26. The average molecular weight is 383 g/mol. The molecule has 3 rings (SSSR count). The fourth-order valence-electron chi connectivity index (χ4n) is 3.03. The molecule has 1 fully saturated rings. The van der Waals surface area contributed by atoms with Crippen LogP contribution in [-0.2, 0) is 6.18 Å². The smallest absolute Gasteiger partial charge is 0.391 e. The van der Waals surface area contributed by atoms with E-state index in [1.54, 1.807) is 13.1 Å². The Morgan fingerprint density at radius 2 is 2.00 bits per heavy atom. The van der Waals surface area contributed by atoms with Crippen molar-refractivity contribution in [1.29, 1.82) is 0 Å². The zero-order chi connectivity index (χ0) is 19.6. The highest BCUT2D eigenvalue weighted by molar-refractivity contribution is 5.50. The van der Waals surface area contributed by atoms with Gasteiger partial charge >= 0.3 is 6.18 Å². The lowest BCUT2D eigenvalue weighted by molar-refractivity contribution is -0.141. The summed E-state index contributed by atoms with van der Waals surface area (Å²) >= 11 is 0. The van der Waals surface area contributed by atoms with Gasteiger partial charge in [-0.1, -0.05) is 0 Å². The van der Waals surface area contributed by atoms with Crippen LogP contribution in [0.15, 0.2) is 18.5 Å². The molecular formula is C16H20F3N7O. The van der Waals surface area contributed by atoms with Gasteiger partial charge in [0.05, 0.1) is 12.1 Å². The number of aryl methyl sites for hydroxylation is 1. The summed E-state index contributed by atoms with van der Waals surface area (Å²) in [6.45, 7) is 2.08. The quantitative estimate of drug-likeness (QED) is 0.717. The predicted octanol–water partition coefficient (Wildman–Crippen LogP) is 1.69. The van der Waals surface area contributed by atoms with Crippen molar-refractivity contribution in [2.45, 2.75) is 31.7 Å². The van der Waals surface area contributed by atoms with E-state index in [-0.39, 0.29) is 17.7 Å². The maximum atomic E-state index is 12.9. The molecule has 2 aromatic rings. The van der Waals surface area contributed by atoms with Gasteiger partial charge in [0.1, 0.15) is 35.3 Å². The largest absolute Gasteiger partial charge is 0.433 e. The number of rotatable bonds is 5. The molecule has 1 aliphatic heterocycles. The molecule has 0 aromatic carbocycles. The van der Waals surface area contributed by atoms with E-state index < -0.39 is 18.0 Å². The third kappa shape index (κ3) is 4.54. The van der Waals surface area contributed by atoms with Crippen molar-refractivity contribution >= 4 is 17.5 Å². The number of hydrogen-bond acceptors (Lipinski definition) is 8. The van der Waals surface area contributed by atoms with Crippen LogP contribution in [0.3, 0.4) is 0 Å². The lowest BCUT2D eigenvalue weighted by atomic mass is 10.2. The van der Waals surface area contributed by atoms with E-state index >= 15 is 0 Å². The minimum Gasteiger partial charge on any atom is -0.391 e. The van der Waals surface area contributed by atoms with Gasteiger partial charge < -0.3 is 20.6 Å². The average Bonchev–Trinajstić information content (AvgIpc) is 2.99. The van der Waals surface area contributed by atoms with Crippen molar-refractivity contribution in [3.8, 4) is 0 Å². The molecule has 11 heteroatoms. The summed E-state index contributed by atoms with van der Waals surface area (Å²) in [4.78, 5) is 17.6. The second kappa shape index (κ2) is 7.51. The van der Waals surface area contributed by atoms with Crippen LogP contribution in [-0.4, -0.2) is 57.3 Å². The summed E-state index contributed by atoms with van der Waals surface area (Å²) < 4.78 is 38.7. The first-order valence-electron chi connectivity index (χ1n) is 8.37. The fourth-order valence-corrected chi connectivity index (χ4v) is 3.03. The van der Waals surface area contributed by atoms with Crippen LogP contribution in [0, 0.1) is 6.92 Å². The third-order valence-corrected chi connectivity index (χ3v) is 4.24. The number of β-amino-alcohol motifs (C(OH)–C–C–N with tert-alkyl or cyclic N) is 1. The number of aliphatic hydroxyl groups is 1. The van der Waals surface area contributed by atoms with Gasteiger partial charge in [-0.05, 0) is 13.3 Å². The summed E-state index contributed by atoms with van der Waals surface area (Å²) in [7, 11) is 1.74. The molecule has 27 heavy (non-hydrogen) atoms. The summed E-state index contributed by atoms with van der Waals surface area (Å²) in [5.41, 5.74) is -0.990. The van der Waals surface area contributed by atoms with Crippen LogP contribution < -0.4 is 15.5 Å². The standard InChI is InChI=1S/C16H20F3N7O/c1-9-24-12(16(17,18)19)4-14(25-9)21-6-10-3-11(27)7-26(10)15-5-13(20-2)22-8-23-15/h4-5,8,10-11,27H,3,6-7H2,1-2H3,(H,20,22,23)(H,21,24,25)/t10-,11-/m1/s1. The molecule has 0 radical (unpaired) electrons. The number of hydrogen-bond donors (Lipinski definition) is 3. The van der Waals surface area contributed by atoms with Gasteiger partial charge in [0.15, 0.2) is 0 Å². The molecule has 0 bridgehead atoms. The zero-order valence-electron chi connectivity index (χ0n) is 14.8. The van der Waals surface area contributed by atoms with Gasteiger partial charge in [-0.25, -0.2) is 19.9 Å². The predicted molar refractivity (Wildman–Crippen MR) is 93.6 cm³/mol. The highest BCUT2D eigenvalue weighted by atomic mass is 19.4. The Labute approximate surface area is 153 Å². The SMILES string of the molecule is CNc1cc(N2C[C@H](O)C[C@@H]2CNc2cc(C(F)(F)F)nc(C)n2)ncn1. The normalized spacial score (nSPS) is 20.0. The third-order valence-electron chi connectivity index (χ3n) is 4.24. The molecule has 0 aliphatic carbocycles. The number of aliphatic hydroxyl groups excluding tert-OH is 1. The second-order valence-corrected chi connectivity index (χ2v) is 6.27. The Kier molecular flexibility index (Phi) is 5.31. The number of aromatic nitrogens is 4. The molecule has 0 amide bonds. The minimum atomic E-state index is -4.54. The van der Waals surface area contributed by atoms with Gasteiger partial charge in [-0.15, -0.1) is 0 Å². The van der Waals surface area contributed by atoms with Crippen molar-refractivity contribution in [3.63, 3.8) is 0 Å². The van der Waals surface area contributed by atoms with E-state index in [2.05, 4.69) is 30.6 Å². The van der Waals surface area contributed by atoms with Gasteiger partial charge in [0.25, 0.3) is 0 Å². The van der Waals surface area contributed by atoms with Gasteiger partial charge in [-0.2, -0.15) is 13.2 Å². The van der Waals surface area contributed by atoms with Crippen LogP contribution in [0.25, 0.3) is 0 Å². The van der Waals surface area contributed by atoms with E-state index in [9.17, 15) is 18.3 Å². The van der Waals surface area contributed by atoms with E-state index in [1.807, 2.05) is 4.90 Å². The highest BCUT2D eigenvalue weighted by Gasteiger charge is 2.34. The zero-order valence-corrected chi connectivity index (χ0v) is 14.8. The molecular weight excluding hydrogens is 363 g/mol. The number of alkyl halides is 3. The maximum Gasteiger partial charge on any atom is 0.433 e. The molecule has 1 saturated heterocycles. The lowest BCUT2D eigenvalue weighted by Crippen LogP contribution is -2.36. The first-order chi connectivity index (χ1) is 12.8. The Bertz CT molecular complexity index is 802. The first kappa shape index (κ1) is 19.1. The second-order valence-electron chi connectivity index (χ2n) is 6.27. The molecule has 0 saturated carbocycles. The van der Waals surface area contributed by atoms with Crippen molar-refractivity contribution in [2.24, 2.45) is 0 Å². The number of anilines is 3. The summed E-state index contributed by atoms with van der Waals surface area (Å²) in [6, 6.07) is 2.47. The Morgan fingerprint density at radius 1 is 1.22 bits per heavy atom. The van der Waals surface area contributed by atoms with Crippen LogP contribution in [0.5, 0.6) is 0 Å². The molecule has 3 heterocycles. The highest BCUT2D eigenvalue weighted by Crippen LogP contribution is 2.29. The van der Waals surface area contributed by atoms with Crippen molar-refractivity contribution in [1.82, 2.24) is 19.9 Å². The molecule has 0 spiro atoms. The summed E-state index contributed by atoms with van der Waals surface area (Å²) in [5, 5.41) is 15.9. The molecule has 8 nitrogen and oxygen atoms in total. The Hall–Kier alpha value is -2.69. The number of nitrogens with one attached hydrogen (secondary N) is 2. The maximum absolute atomic E-state index is 12.9. The molecule has 1 aliphatic rings. The van der Waals surface area contributed by atoms with Crippen LogP contribution in [0.1, 0.15) is 17.9 Å². The van der Waals surface area contributed by atoms with Crippen LogP contribution in [0.2, 0.25) is 0 Å². The summed E-state index contributed by atoms with van der Waals surface area (Å²) in [6.07, 6.45) is -3.21. The fraction of sp³-hybridized carbons (Fsp3) is 0.500. The van der Waals surface area contributed by atoms with Gasteiger partial charge in [0.2, 0.25) is 0 Å². The van der Waals surface area contributed by atoms with Gasteiger partial charge in [-0.3, -0.25) is 0 Å². The number of halogens is 3. The monoisotopic (exact) mass is 383 g/mol. The molecule has 2 aromatic heterocycles. The van der Waals surface area contributed by atoms with Gasteiger partial charge in [0, 0.05) is 32.3 Å². The van der Waals surface area contributed by atoms with Crippen molar-refractivity contribution in [3.05, 3.63) is 30.0 Å². The van der Waals surface area contributed by atoms with Crippen molar-refractivity contribution < 1.29 is 18.3 Å². The molecule has 146 valence electrons. The van der Waals surface area contributed by atoms with Crippen LogP contribution >= 0.6 is 0 Å². The topological polar surface area (TPSA) is 99.1 Å². The Morgan fingerprint density at radius 3 is 2.70 bits per heavy atom. The van der Waals surface area contributed by atoms with E-state index in [1.165, 1.54) is 13.3 Å². The van der Waals surface area contributed by atoms with E-state index in [0.29, 0.717) is 31.1 Å².